The molecule has 0 aliphatic carbocycles. The fourth-order valence-corrected chi connectivity index (χ4v) is 1.88. The van der Waals surface area contributed by atoms with Crippen LogP contribution in [-0.2, 0) is 4.74 Å². The zero-order valence-electron chi connectivity index (χ0n) is 10.3. The number of nitrogens with one attached hydrogen (secondary N) is 1. The van der Waals surface area contributed by atoms with Crippen molar-refractivity contribution in [2.45, 2.75) is 19.8 Å². The molecule has 18 heavy (non-hydrogen) atoms. The van der Waals surface area contributed by atoms with Gasteiger partial charge in [-0.2, -0.15) is 0 Å². The van der Waals surface area contributed by atoms with Crippen LogP contribution in [0.2, 0.25) is 0 Å². The summed E-state index contributed by atoms with van der Waals surface area (Å²) in [6, 6.07) is 3.98. The summed E-state index contributed by atoms with van der Waals surface area (Å²) in [4.78, 5) is 11.7. The molecule has 5 heteroatoms. The van der Waals surface area contributed by atoms with Gasteiger partial charge in [-0.1, -0.05) is 13.3 Å². The van der Waals surface area contributed by atoms with E-state index in [-0.39, 0.29) is 11.7 Å². The number of carbonyl (C=O) groups is 1. The third-order valence-electron chi connectivity index (χ3n) is 2.35. The molecule has 0 bridgehead atoms. The highest BCUT2D eigenvalue weighted by molar-refractivity contribution is 9.10. The van der Waals surface area contributed by atoms with Gasteiger partial charge in [0, 0.05) is 17.6 Å². The van der Waals surface area contributed by atoms with Crippen LogP contribution in [0.1, 0.15) is 30.1 Å². The number of carbonyl (C=O) groups excluding carboxylic acids is 1. The summed E-state index contributed by atoms with van der Waals surface area (Å²) < 4.78 is 18.6. The molecule has 0 aromatic heterocycles. The van der Waals surface area contributed by atoms with E-state index in [2.05, 4.69) is 28.2 Å². The lowest BCUT2D eigenvalue weighted by molar-refractivity contribution is 0.0912. The summed E-state index contributed by atoms with van der Waals surface area (Å²) in [5, 5.41) is 2.72. The van der Waals surface area contributed by atoms with Gasteiger partial charge in [0.05, 0.1) is 12.2 Å². The second-order valence-corrected chi connectivity index (χ2v) is 4.70. The number of halogens is 2. The largest absolute Gasteiger partial charge is 0.380 e. The Kier molecular flexibility index (Phi) is 6.90. The maximum absolute atomic E-state index is 12.9. The Morgan fingerprint density at radius 2 is 2.22 bits per heavy atom. The molecule has 0 aliphatic rings. The lowest BCUT2D eigenvalue weighted by atomic mass is 10.2. The van der Waals surface area contributed by atoms with Gasteiger partial charge in [0.2, 0.25) is 0 Å². The molecule has 0 unspecified atom stereocenters. The molecule has 0 radical (unpaired) electrons. The lowest BCUT2D eigenvalue weighted by Crippen LogP contribution is -2.27. The Hall–Kier alpha value is -0.940. The Bertz CT molecular complexity index is 399. The first-order valence-corrected chi connectivity index (χ1v) is 6.75. The standard InChI is InChI=1S/C13H17BrFNO2/c1-2-3-7-18-8-6-16-13(17)11-5-4-10(15)9-12(11)14/h4-5,9H,2-3,6-8H2,1H3,(H,16,17). The highest BCUT2D eigenvalue weighted by Gasteiger charge is 2.09. The second kappa shape index (κ2) is 8.21. The van der Waals surface area contributed by atoms with Gasteiger partial charge >= 0.3 is 0 Å². The van der Waals surface area contributed by atoms with Crippen molar-refractivity contribution >= 4 is 21.8 Å². The third kappa shape index (κ3) is 5.14. The average Bonchev–Trinajstić information content (AvgIpc) is 2.33. The summed E-state index contributed by atoms with van der Waals surface area (Å²) in [5.74, 6) is -0.609. The SMILES string of the molecule is CCCCOCCNC(=O)c1ccc(F)cc1Br. The van der Waals surface area contributed by atoms with Gasteiger partial charge in [-0.25, -0.2) is 4.39 Å². The van der Waals surface area contributed by atoms with Crippen LogP contribution >= 0.6 is 15.9 Å². The highest BCUT2D eigenvalue weighted by atomic mass is 79.9. The third-order valence-corrected chi connectivity index (χ3v) is 3.01. The zero-order valence-corrected chi connectivity index (χ0v) is 11.9. The fraction of sp³-hybridized carbons (Fsp3) is 0.462. The zero-order chi connectivity index (χ0) is 13.4. The minimum Gasteiger partial charge on any atom is -0.380 e. The molecule has 1 aromatic carbocycles. The molecule has 1 amide bonds. The topological polar surface area (TPSA) is 38.3 Å². The first kappa shape index (κ1) is 15.1. The normalized spacial score (nSPS) is 10.4. The molecule has 1 N–H and O–H groups in total. The van der Waals surface area contributed by atoms with Gasteiger partial charge in [-0.05, 0) is 40.5 Å². The van der Waals surface area contributed by atoms with E-state index < -0.39 is 0 Å². The number of amides is 1. The molecule has 1 rings (SSSR count). The van der Waals surface area contributed by atoms with Gasteiger partial charge in [0.25, 0.3) is 5.91 Å². The predicted molar refractivity (Wildman–Crippen MR) is 72.2 cm³/mol. The van der Waals surface area contributed by atoms with Gasteiger partial charge in [0.15, 0.2) is 0 Å². The molecule has 1 aromatic rings. The molecule has 0 heterocycles. The van der Waals surface area contributed by atoms with E-state index in [4.69, 9.17) is 4.74 Å². The number of unbranched alkanes of at least 4 members (excludes halogenated alkanes) is 1. The summed E-state index contributed by atoms with van der Waals surface area (Å²) in [6.07, 6.45) is 2.12. The van der Waals surface area contributed by atoms with Gasteiger partial charge in [-0.15, -0.1) is 0 Å². The van der Waals surface area contributed by atoms with Crippen molar-refractivity contribution in [1.82, 2.24) is 5.32 Å². The molecule has 0 aliphatic heterocycles. The van der Waals surface area contributed by atoms with Crippen LogP contribution < -0.4 is 5.32 Å². The summed E-state index contributed by atoms with van der Waals surface area (Å²) in [6.45, 7) is 3.75. The molecule has 0 spiro atoms. The number of hydrogen-bond donors (Lipinski definition) is 1. The molecule has 100 valence electrons. The van der Waals surface area contributed by atoms with E-state index in [0.29, 0.717) is 29.8 Å². The molecule has 0 atom stereocenters. The molecular weight excluding hydrogens is 301 g/mol. The minimum atomic E-state index is -0.374. The summed E-state index contributed by atoms with van der Waals surface area (Å²) >= 11 is 3.16. The second-order valence-electron chi connectivity index (χ2n) is 3.85. The van der Waals surface area contributed by atoms with E-state index in [0.717, 1.165) is 12.8 Å². The van der Waals surface area contributed by atoms with Crippen molar-refractivity contribution in [3.63, 3.8) is 0 Å². The van der Waals surface area contributed by atoms with Crippen molar-refractivity contribution in [2.24, 2.45) is 0 Å². The Balaban J connectivity index is 2.32. The molecule has 0 saturated carbocycles. The molecule has 3 nitrogen and oxygen atoms in total. The van der Waals surface area contributed by atoms with Crippen LogP contribution in [0.3, 0.4) is 0 Å². The van der Waals surface area contributed by atoms with Crippen LogP contribution in [0.5, 0.6) is 0 Å². The lowest BCUT2D eigenvalue weighted by Gasteiger charge is -2.07. The van der Waals surface area contributed by atoms with Gasteiger partial charge in [0.1, 0.15) is 5.82 Å². The predicted octanol–water partition coefficient (Wildman–Crippen LogP) is 3.13. The number of benzene rings is 1. The van der Waals surface area contributed by atoms with Crippen molar-refractivity contribution in [2.75, 3.05) is 19.8 Å². The monoisotopic (exact) mass is 317 g/mol. The van der Waals surface area contributed by atoms with E-state index in [1.165, 1.54) is 18.2 Å². The van der Waals surface area contributed by atoms with Crippen LogP contribution in [-0.4, -0.2) is 25.7 Å². The van der Waals surface area contributed by atoms with Crippen molar-refractivity contribution < 1.29 is 13.9 Å². The van der Waals surface area contributed by atoms with E-state index in [9.17, 15) is 9.18 Å². The smallest absolute Gasteiger partial charge is 0.252 e. The maximum Gasteiger partial charge on any atom is 0.252 e. The molecule has 0 saturated heterocycles. The first-order chi connectivity index (χ1) is 8.65. The Labute approximate surface area is 115 Å². The average molecular weight is 318 g/mol. The van der Waals surface area contributed by atoms with Gasteiger partial charge in [-0.3, -0.25) is 4.79 Å². The van der Waals surface area contributed by atoms with Crippen LogP contribution in [0, 0.1) is 5.82 Å². The highest BCUT2D eigenvalue weighted by Crippen LogP contribution is 2.17. The molecular formula is C13H17BrFNO2. The van der Waals surface area contributed by atoms with E-state index in [1.54, 1.807) is 0 Å². The quantitative estimate of drug-likeness (QED) is 0.785. The Morgan fingerprint density at radius 3 is 2.89 bits per heavy atom. The van der Waals surface area contributed by atoms with E-state index in [1.807, 2.05) is 0 Å². The van der Waals surface area contributed by atoms with Crippen LogP contribution in [0.25, 0.3) is 0 Å². The summed E-state index contributed by atoms with van der Waals surface area (Å²) in [7, 11) is 0. The number of rotatable bonds is 7. The van der Waals surface area contributed by atoms with E-state index >= 15 is 0 Å². The molecule has 0 fully saturated rings. The maximum atomic E-state index is 12.9. The first-order valence-electron chi connectivity index (χ1n) is 5.96. The summed E-state index contributed by atoms with van der Waals surface area (Å²) in [5.41, 5.74) is 0.421. The van der Waals surface area contributed by atoms with Gasteiger partial charge < -0.3 is 10.1 Å². The fourth-order valence-electron chi connectivity index (χ4n) is 1.35. The van der Waals surface area contributed by atoms with Crippen molar-refractivity contribution in [3.8, 4) is 0 Å². The Morgan fingerprint density at radius 1 is 1.44 bits per heavy atom. The van der Waals surface area contributed by atoms with Crippen LogP contribution in [0.15, 0.2) is 22.7 Å². The number of ether oxygens (including phenoxy) is 1. The van der Waals surface area contributed by atoms with Crippen LogP contribution in [0.4, 0.5) is 4.39 Å². The minimum absolute atomic E-state index is 0.235. The van der Waals surface area contributed by atoms with Crippen molar-refractivity contribution in [1.29, 1.82) is 0 Å². The van der Waals surface area contributed by atoms with Crippen molar-refractivity contribution in [3.05, 3.63) is 34.1 Å². The number of hydrogen-bond acceptors (Lipinski definition) is 2.